The fraction of sp³-hybridized carbons (Fsp3) is 0.583. The molecule has 1 atom stereocenters. The van der Waals surface area contributed by atoms with Crippen LogP contribution in [0, 0.1) is 6.92 Å². The number of aryl methyl sites for hydroxylation is 2. The van der Waals surface area contributed by atoms with E-state index in [1.165, 1.54) is 12.1 Å². The Kier molecular flexibility index (Phi) is 6.91. The summed E-state index contributed by atoms with van der Waals surface area (Å²) in [5, 5.41) is 4.41. The van der Waals surface area contributed by atoms with Crippen LogP contribution in [0.15, 0.2) is 30.3 Å². The molecule has 0 spiro atoms. The van der Waals surface area contributed by atoms with Crippen LogP contribution >= 0.6 is 0 Å². The van der Waals surface area contributed by atoms with Gasteiger partial charge in [-0.1, -0.05) is 0 Å². The quantitative estimate of drug-likeness (QED) is 0.660. The molecule has 186 valence electrons. The lowest BCUT2D eigenvalue weighted by molar-refractivity contribution is -0.155. The average Bonchev–Trinajstić information content (AvgIpc) is 3.10. The van der Waals surface area contributed by atoms with E-state index in [4.69, 9.17) is 4.74 Å². The third kappa shape index (κ3) is 5.38. The monoisotopic (exact) mass is 479 g/mol. The number of hydrogen-bond acceptors (Lipinski definition) is 5. The van der Waals surface area contributed by atoms with Crippen LogP contribution in [-0.2, 0) is 24.6 Å². The smallest absolute Gasteiger partial charge is 0.416 e. The Morgan fingerprint density at radius 3 is 2.35 bits per heavy atom. The van der Waals surface area contributed by atoms with E-state index in [9.17, 15) is 18.0 Å². The fourth-order valence-electron chi connectivity index (χ4n) is 4.82. The maximum atomic E-state index is 13.8. The van der Waals surface area contributed by atoms with Crippen LogP contribution < -0.4 is 4.74 Å². The molecule has 0 bridgehead atoms. The van der Waals surface area contributed by atoms with Gasteiger partial charge in [-0.2, -0.15) is 18.3 Å². The fourth-order valence-corrected chi connectivity index (χ4v) is 4.82. The molecule has 2 aromatic rings. The number of ether oxygens (including phenoxy) is 1. The van der Waals surface area contributed by atoms with Crippen molar-refractivity contribution in [2.45, 2.75) is 38.1 Å². The van der Waals surface area contributed by atoms with Gasteiger partial charge in [0, 0.05) is 46.3 Å². The highest BCUT2D eigenvalue weighted by atomic mass is 19.4. The number of piperazine rings is 1. The number of piperidine rings is 1. The SMILES string of the molecule is Cc1cc(CN2CCCC(Oc3ccc(C(F)(F)F)cc3)(C(=O)N3CCN(C)CC3)C2)n(C)n1. The molecule has 2 fully saturated rings. The third-order valence-electron chi connectivity index (χ3n) is 6.69. The maximum Gasteiger partial charge on any atom is 0.416 e. The average molecular weight is 480 g/mol. The first-order valence-corrected chi connectivity index (χ1v) is 11.6. The van der Waals surface area contributed by atoms with Crippen molar-refractivity contribution < 1.29 is 22.7 Å². The molecule has 2 saturated heterocycles. The van der Waals surface area contributed by atoms with Gasteiger partial charge < -0.3 is 14.5 Å². The van der Waals surface area contributed by atoms with Crippen LogP contribution in [-0.4, -0.2) is 82.3 Å². The molecular weight excluding hydrogens is 447 g/mol. The van der Waals surface area contributed by atoms with E-state index >= 15 is 0 Å². The van der Waals surface area contributed by atoms with Crippen LogP contribution in [0.1, 0.15) is 29.8 Å². The number of carbonyl (C=O) groups excluding carboxylic acids is 1. The summed E-state index contributed by atoms with van der Waals surface area (Å²) >= 11 is 0. The molecule has 3 heterocycles. The van der Waals surface area contributed by atoms with E-state index in [1.54, 1.807) is 0 Å². The van der Waals surface area contributed by atoms with E-state index in [-0.39, 0.29) is 11.7 Å². The second-order valence-corrected chi connectivity index (χ2v) is 9.43. The van der Waals surface area contributed by atoms with Crippen LogP contribution in [0.25, 0.3) is 0 Å². The Morgan fingerprint density at radius 1 is 1.09 bits per heavy atom. The first-order valence-electron chi connectivity index (χ1n) is 11.6. The Bertz CT molecular complexity index is 999. The third-order valence-corrected chi connectivity index (χ3v) is 6.69. The molecular formula is C24H32F3N5O2. The largest absolute Gasteiger partial charge is 0.476 e. The number of alkyl halides is 3. The minimum atomic E-state index is -4.42. The summed E-state index contributed by atoms with van der Waals surface area (Å²) in [6, 6.07) is 6.65. The van der Waals surface area contributed by atoms with Crippen molar-refractivity contribution in [2.24, 2.45) is 7.05 Å². The van der Waals surface area contributed by atoms with E-state index in [1.807, 2.05) is 36.7 Å². The molecule has 4 rings (SSSR count). The standard InChI is InChI=1S/C24H32F3N5O2/c1-18-15-20(30(3)28-18)16-31-10-4-9-23(17-31,22(33)32-13-11-29(2)12-14-32)34-21-7-5-19(6-8-21)24(25,26)27/h5-8,15H,4,9-14,16-17H2,1-3H3. The highest BCUT2D eigenvalue weighted by Gasteiger charge is 2.47. The van der Waals surface area contributed by atoms with Gasteiger partial charge in [-0.15, -0.1) is 0 Å². The topological polar surface area (TPSA) is 53.8 Å². The molecule has 0 aliphatic carbocycles. The molecule has 0 saturated carbocycles. The summed E-state index contributed by atoms with van der Waals surface area (Å²) in [7, 11) is 3.92. The van der Waals surface area contributed by atoms with Crippen molar-refractivity contribution in [1.82, 2.24) is 24.5 Å². The van der Waals surface area contributed by atoms with Gasteiger partial charge in [0.05, 0.1) is 17.0 Å². The predicted molar refractivity (Wildman–Crippen MR) is 121 cm³/mol. The van der Waals surface area contributed by atoms with E-state index < -0.39 is 17.3 Å². The molecule has 1 amide bonds. The Hall–Kier alpha value is -2.59. The lowest BCUT2D eigenvalue weighted by Crippen LogP contribution is -2.63. The summed E-state index contributed by atoms with van der Waals surface area (Å²) in [6.07, 6.45) is -3.16. The predicted octanol–water partition coefficient (Wildman–Crippen LogP) is 2.93. The molecule has 2 aliphatic heterocycles. The normalized spacial score (nSPS) is 22.7. The number of nitrogens with zero attached hydrogens (tertiary/aromatic N) is 5. The summed E-state index contributed by atoms with van der Waals surface area (Å²) in [6.45, 7) is 6.49. The Morgan fingerprint density at radius 2 is 1.76 bits per heavy atom. The number of rotatable bonds is 5. The number of benzene rings is 1. The van der Waals surface area contributed by atoms with Gasteiger partial charge >= 0.3 is 6.18 Å². The van der Waals surface area contributed by atoms with Gasteiger partial charge in [-0.25, -0.2) is 0 Å². The van der Waals surface area contributed by atoms with E-state index in [2.05, 4.69) is 14.9 Å². The second kappa shape index (κ2) is 9.58. The molecule has 7 nitrogen and oxygen atoms in total. The van der Waals surface area contributed by atoms with Crippen molar-refractivity contribution in [1.29, 1.82) is 0 Å². The molecule has 1 unspecified atom stereocenters. The molecule has 1 aromatic carbocycles. The van der Waals surface area contributed by atoms with Gasteiger partial charge in [0.1, 0.15) is 5.75 Å². The first-order chi connectivity index (χ1) is 16.1. The number of amides is 1. The number of likely N-dealkylation sites (N-methyl/N-ethyl adjacent to an activating group) is 1. The van der Waals surface area contributed by atoms with Crippen molar-refractivity contribution in [3.63, 3.8) is 0 Å². The molecule has 10 heteroatoms. The van der Waals surface area contributed by atoms with Gasteiger partial charge in [-0.3, -0.25) is 14.4 Å². The highest BCUT2D eigenvalue weighted by Crippen LogP contribution is 2.34. The molecule has 0 N–H and O–H groups in total. The summed E-state index contributed by atoms with van der Waals surface area (Å²) in [5.74, 6) is 0.181. The number of likely N-dealkylation sites (tertiary alicyclic amines) is 1. The van der Waals surface area contributed by atoms with Gasteiger partial charge in [0.15, 0.2) is 5.60 Å². The zero-order valence-corrected chi connectivity index (χ0v) is 19.9. The molecule has 1 aromatic heterocycles. The zero-order chi connectivity index (χ0) is 24.5. The van der Waals surface area contributed by atoms with Crippen LogP contribution in [0.2, 0.25) is 0 Å². The summed E-state index contributed by atoms with van der Waals surface area (Å²) in [5.41, 5.74) is 0.0722. The minimum Gasteiger partial charge on any atom is -0.476 e. The number of carbonyl (C=O) groups is 1. The highest BCUT2D eigenvalue weighted by molar-refractivity contribution is 5.86. The van der Waals surface area contributed by atoms with Crippen molar-refractivity contribution in [3.05, 3.63) is 47.3 Å². The Balaban J connectivity index is 1.59. The van der Waals surface area contributed by atoms with Crippen molar-refractivity contribution in [3.8, 4) is 5.75 Å². The van der Waals surface area contributed by atoms with Crippen molar-refractivity contribution in [2.75, 3.05) is 46.3 Å². The van der Waals surface area contributed by atoms with Crippen molar-refractivity contribution >= 4 is 5.91 Å². The minimum absolute atomic E-state index is 0.0913. The number of aromatic nitrogens is 2. The number of hydrogen-bond donors (Lipinski definition) is 0. The van der Waals surface area contributed by atoms with E-state index in [0.717, 1.165) is 49.6 Å². The van der Waals surface area contributed by atoms with Crippen LogP contribution in [0.5, 0.6) is 5.75 Å². The zero-order valence-electron chi connectivity index (χ0n) is 19.9. The first kappa shape index (κ1) is 24.5. The van der Waals surface area contributed by atoms with E-state index in [0.29, 0.717) is 32.6 Å². The lowest BCUT2D eigenvalue weighted by Gasteiger charge is -2.45. The molecule has 0 radical (unpaired) electrons. The number of halogens is 3. The summed E-state index contributed by atoms with van der Waals surface area (Å²) < 4.78 is 47.2. The molecule has 2 aliphatic rings. The second-order valence-electron chi connectivity index (χ2n) is 9.43. The maximum absolute atomic E-state index is 13.8. The van der Waals surface area contributed by atoms with Crippen LogP contribution in [0.3, 0.4) is 0 Å². The molecule has 34 heavy (non-hydrogen) atoms. The van der Waals surface area contributed by atoms with Gasteiger partial charge in [0.25, 0.3) is 5.91 Å². The van der Waals surface area contributed by atoms with Gasteiger partial charge in [-0.05, 0) is 63.7 Å². The summed E-state index contributed by atoms with van der Waals surface area (Å²) in [4.78, 5) is 20.0. The Labute approximate surface area is 198 Å². The van der Waals surface area contributed by atoms with Crippen LogP contribution in [0.4, 0.5) is 13.2 Å². The van der Waals surface area contributed by atoms with Gasteiger partial charge in [0.2, 0.25) is 0 Å². The lowest BCUT2D eigenvalue weighted by atomic mass is 9.90.